The monoisotopic (exact) mass is 302 g/mol. The maximum Gasteiger partial charge on any atom is 0.433 e. The summed E-state index contributed by atoms with van der Waals surface area (Å²) in [5, 5.41) is 11.9. The highest BCUT2D eigenvalue weighted by Gasteiger charge is 2.34. The first-order valence-corrected chi connectivity index (χ1v) is 6.49. The van der Waals surface area contributed by atoms with Crippen LogP contribution in [-0.4, -0.2) is 41.8 Å². The number of nitrogens with zero attached hydrogens (tertiary/aromatic N) is 3. The lowest BCUT2D eigenvalue weighted by atomic mass is 10.1. The van der Waals surface area contributed by atoms with Crippen LogP contribution in [0.3, 0.4) is 0 Å². The van der Waals surface area contributed by atoms with Gasteiger partial charge >= 0.3 is 6.18 Å². The Balaban J connectivity index is 2.23. The molecule has 2 N–H and O–H groups in total. The molecule has 1 aromatic heterocycles. The van der Waals surface area contributed by atoms with E-state index in [-0.39, 0.29) is 30.3 Å². The van der Waals surface area contributed by atoms with Crippen molar-refractivity contribution in [1.82, 2.24) is 9.97 Å². The van der Waals surface area contributed by atoms with Crippen molar-refractivity contribution in [2.45, 2.75) is 18.6 Å². The molecule has 0 unspecified atom stereocenters. The number of aromatic nitrogens is 2. The predicted molar refractivity (Wildman–Crippen MR) is 73.1 cm³/mol. The van der Waals surface area contributed by atoms with E-state index in [1.807, 2.05) is 6.08 Å². The minimum Gasteiger partial charge on any atom is -0.396 e. The van der Waals surface area contributed by atoms with E-state index in [4.69, 9.17) is 5.11 Å². The van der Waals surface area contributed by atoms with Crippen molar-refractivity contribution in [3.8, 4) is 0 Å². The summed E-state index contributed by atoms with van der Waals surface area (Å²) in [7, 11) is 3.23. The highest BCUT2D eigenvalue weighted by atomic mass is 19.4. The Bertz CT molecular complexity index is 531. The molecule has 1 heterocycles. The minimum absolute atomic E-state index is 0.0150. The van der Waals surface area contributed by atoms with Crippen molar-refractivity contribution < 1.29 is 18.3 Å². The molecule has 1 aromatic rings. The summed E-state index contributed by atoms with van der Waals surface area (Å²) < 4.78 is 38.6. The fourth-order valence-electron chi connectivity index (χ4n) is 2.06. The van der Waals surface area contributed by atoms with Crippen LogP contribution >= 0.6 is 0 Å². The minimum atomic E-state index is -4.52. The fourth-order valence-corrected chi connectivity index (χ4v) is 2.06. The highest BCUT2D eigenvalue weighted by Crippen LogP contribution is 2.30. The van der Waals surface area contributed by atoms with E-state index >= 15 is 0 Å². The number of hydrogen-bond donors (Lipinski definition) is 2. The largest absolute Gasteiger partial charge is 0.433 e. The molecule has 0 aromatic carbocycles. The van der Waals surface area contributed by atoms with Crippen molar-refractivity contribution >= 4 is 11.8 Å². The number of aliphatic hydroxyl groups excluding tert-OH is 1. The second-order valence-corrected chi connectivity index (χ2v) is 5.14. The smallest absolute Gasteiger partial charge is 0.396 e. The van der Waals surface area contributed by atoms with Crippen LogP contribution in [0.1, 0.15) is 12.1 Å². The maximum atomic E-state index is 12.9. The third-order valence-electron chi connectivity index (χ3n) is 3.18. The summed E-state index contributed by atoms with van der Waals surface area (Å²) in [6, 6.07) is 0.729. The zero-order valence-electron chi connectivity index (χ0n) is 11.7. The summed E-state index contributed by atoms with van der Waals surface area (Å²) in [6.45, 7) is 0.0150. The lowest BCUT2D eigenvalue weighted by Crippen LogP contribution is -2.22. The summed E-state index contributed by atoms with van der Waals surface area (Å²) >= 11 is 0. The molecule has 0 saturated heterocycles. The van der Waals surface area contributed by atoms with Crippen LogP contribution in [0.2, 0.25) is 0 Å². The molecule has 0 fully saturated rings. The average Bonchev–Trinajstić information content (AvgIpc) is 2.85. The second kappa shape index (κ2) is 5.88. The van der Waals surface area contributed by atoms with Gasteiger partial charge in [0.25, 0.3) is 0 Å². The molecule has 2 rings (SSSR count). The number of rotatable bonds is 4. The lowest BCUT2D eigenvalue weighted by molar-refractivity contribution is -0.141. The molecular formula is C13H17F3N4O. The average molecular weight is 302 g/mol. The highest BCUT2D eigenvalue weighted by molar-refractivity contribution is 5.45. The van der Waals surface area contributed by atoms with E-state index < -0.39 is 11.9 Å². The number of hydrogen-bond acceptors (Lipinski definition) is 5. The summed E-state index contributed by atoms with van der Waals surface area (Å²) in [5.74, 6) is 0.129. The molecule has 0 amide bonds. The quantitative estimate of drug-likeness (QED) is 0.832. The third kappa shape index (κ3) is 3.84. The van der Waals surface area contributed by atoms with Gasteiger partial charge in [-0.05, 0) is 6.42 Å². The molecular weight excluding hydrogens is 285 g/mol. The van der Waals surface area contributed by atoms with Crippen molar-refractivity contribution in [2.75, 3.05) is 30.9 Å². The Labute approximate surface area is 120 Å². The van der Waals surface area contributed by atoms with Gasteiger partial charge in [0, 0.05) is 38.7 Å². The van der Waals surface area contributed by atoms with E-state index in [2.05, 4.69) is 15.3 Å². The standard InChI is InChI=1S/C13H17F3N4O/c1-20(2)11-6-10(13(14,15)16)18-12(19-11)17-9-4-3-8(5-9)7-21/h3-4,6,8-9,21H,5,7H2,1-2H3,(H,17,18,19)/t8-,9+/m0/s1. The topological polar surface area (TPSA) is 61.3 Å². The van der Waals surface area contributed by atoms with Crippen LogP contribution < -0.4 is 10.2 Å². The van der Waals surface area contributed by atoms with Gasteiger partial charge in [0.15, 0.2) is 5.69 Å². The predicted octanol–water partition coefficient (Wildman–Crippen LogP) is 1.91. The number of aliphatic hydroxyl groups is 1. The van der Waals surface area contributed by atoms with Crippen LogP contribution in [0.4, 0.5) is 24.9 Å². The molecule has 1 aliphatic carbocycles. The first-order chi connectivity index (χ1) is 9.79. The van der Waals surface area contributed by atoms with Crippen molar-refractivity contribution in [2.24, 2.45) is 5.92 Å². The SMILES string of the molecule is CN(C)c1cc(C(F)(F)F)nc(N[C@@H]2C=C[C@H](CO)C2)n1. The summed E-state index contributed by atoms with van der Waals surface area (Å²) in [6.07, 6.45) is -0.283. The van der Waals surface area contributed by atoms with E-state index in [1.54, 1.807) is 20.2 Å². The van der Waals surface area contributed by atoms with Crippen molar-refractivity contribution in [3.05, 3.63) is 23.9 Å². The van der Waals surface area contributed by atoms with Gasteiger partial charge in [-0.3, -0.25) is 0 Å². The van der Waals surface area contributed by atoms with E-state index in [9.17, 15) is 13.2 Å². The number of nitrogens with one attached hydrogen (secondary N) is 1. The molecule has 1 aliphatic rings. The van der Waals surface area contributed by atoms with Gasteiger partial charge < -0.3 is 15.3 Å². The Morgan fingerprint density at radius 1 is 1.33 bits per heavy atom. The molecule has 8 heteroatoms. The Hall–Kier alpha value is -1.83. The molecule has 0 bridgehead atoms. The molecule has 0 radical (unpaired) electrons. The van der Waals surface area contributed by atoms with Crippen LogP contribution in [0, 0.1) is 5.92 Å². The van der Waals surface area contributed by atoms with Crippen LogP contribution in [-0.2, 0) is 6.18 Å². The second-order valence-electron chi connectivity index (χ2n) is 5.14. The van der Waals surface area contributed by atoms with Gasteiger partial charge in [0.1, 0.15) is 5.82 Å². The molecule has 2 atom stereocenters. The van der Waals surface area contributed by atoms with E-state index in [0.717, 1.165) is 6.07 Å². The molecule has 5 nitrogen and oxygen atoms in total. The normalized spacial score (nSPS) is 21.6. The number of halogens is 3. The van der Waals surface area contributed by atoms with Gasteiger partial charge in [-0.25, -0.2) is 4.98 Å². The first-order valence-electron chi connectivity index (χ1n) is 6.49. The molecule has 0 spiro atoms. The van der Waals surface area contributed by atoms with Crippen LogP contribution in [0.25, 0.3) is 0 Å². The number of anilines is 2. The molecule has 116 valence electrons. The molecule has 21 heavy (non-hydrogen) atoms. The zero-order chi connectivity index (χ0) is 15.6. The van der Waals surface area contributed by atoms with Gasteiger partial charge in [-0.15, -0.1) is 0 Å². The van der Waals surface area contributed by atoms with Gasteiger partial charge in [0.05, 0.1) is 0 Å². The summed E-state index contributed by atoms with van der Waals surface area (Å²) in [4.78, 5) is 9.09. The van der Waals surface area contributed by atoms with E-state index in [1.165, 1.54) is 4.90 Å². The van der Waals surface area contributed by atoms with E-state index in [0.29, 0.717) is 6.42 Å². The van der Waals surface area contributed by atoms with Crippen LogP contribution in [0.15, 0.2) is 18.2 Å². The molecule has 0 saturated carbocycles. The maximum absolute atomic E-state index is 12.9. The Morgan fingerprint density at radius 3 is 2.57 bits per heavy atom. The van der Waals surface area contributed by atoms with Gasteiger partial charge in [0.2, 0.25) is 5.95 Å². The first kappa shape index (κ1) is 15.6. The van der Waals surface area contributed by atoms with Crippen molar-refractivity contribution in [1.29, 1.82) is 0 Å². The summed E-state index contributed by atoms with van der Waals surface area (Å²) in [5.41, 5.74) is -0.982. The Kier molecular flexibility index (Phi) is 4.36. The van der Waals surface area contributed by atoms with Gasteiger partial charge in [-0.1, -0.05) is 12.2 Å². The van der Waals surface area contributed by atoms with Crippen LogP contribution in [0.5, 0.6) is 0 Å². The van der Waals surface area contributed by atoms with Crippen molar-refractivity contribution in [3.63, 3.8) is 0 Å². The number of alkyl halides is 3. The Morgan fingerprint density at radius 2 is 2.05 bits per heavy atom. The zero-order valence-corrected chi connectivity index (χ0v) is 11.7. The molecule has 0 aliphatic heterocycles. The fraction of sp³-hybridized carbons (Fsp3) is 0.538. The van der Waals surface area contributed by atoms with Gasteiger partial charge in [-0.2, -0.15) is 18.2 Å². The third-order valence-corrected chi connectivity index (χ3v) is 3.18. The lowest BCUT2D eigenvalue weighted by Gasteiger charge is -2.18.